The number of amides is 2. The van der Waals surface area contributed by atoms with Crippen LogP contribution < -0.4 is 0 Å². The summed E-state index contributed by atoms with van der Waals surface area (Å²) in [6.45, 7) is 5.52. The van der Waals surface area contributed by atoms with Crippen LogP contribution in [0.25, 0.3) is 21.5 Å². The molecule has 0 N–H and O–H groups in total. The second-order valence-corrected chi connectivity index (χ2v) is 11.7. The van der Waals surface area contributed by atoms with Crippen LogP contribution in [0.2, 0.25) is 0 Å². The second-order valence-electron chi connectivity index (χ2n) is 11.7. The van der Waals surface area contributed by atoms with E-state index in [9.17, 15) is 9.59 Å². The Labute approximate surface area is 226 Å². The number of carbonyl (C=O) groups is 2. The summed E-state index contributed by atoms with van der Waals surface area (Å²) in [7, 11) is 4.15. The molecule has 3 fully saturated rings. The molecule has 38 heavy (non-hydrogen) atoms. The lowest BCUT2D eigenvalue weighted by atomic mass is 9.92. The maximum atomic E-state index is 13.9. The van der Waals surface area contributed by atoms with Gasteiger partial charge < -0.3 is 14.7 Å². The summed E-state index contributed by atoms with van der Waals surface area (Å²) in [5.74, 6) is 0.568. The van der Waals surface area contributed by atoms with Crippen LogP contribution in [0.5, 0.6) is 0 Å². The van der Waals surface area contributed by atoms with Crippen molar-refractivity contribution in [2.24, 2.45) is 5.92 Å². The van der Waals surface area contributed by atoms with Crippen molar-refractivity contribution in [3.8, 4) is 0 Å². The molecule has 6 nitrogen and oxygen atoms in total. The fraction of sp³-hybridized carbons (Fsp3) is 0.500. The first kappa shape index (κ1) is 25.3. The standard InChI is InChI=1S/C32H40N4O2/c1-33-17-13-27(22-33)34(2)31(37)25-10-7-16-36(21-25)26-14-18-35(19-15-26)32(38)30-28-11-5-3-8-23(28)20-24-9-4-6-12-29(24)30/h3-6,8-9,11-12,20,25-27H,7,10,13-19,21-22H2,1-2H3. The number of likely N-dealkylation sites (tertiary alicyclic amines) is 3. The van der Waals surface area contributed by atoms with Gasteiger partial charge in [0.05, 0.1) is 11.5 Å². The highest BCUT2D eigenvalue weighted by Crippen LogP contribution is 2.31. The minimum atomic E-state index is 0.0985. The highest BCUT2D eigenvalue weighted by atomic mass is 16.2. The van der Waals surface area contributed by atoms with Gasteiger partial charge in [-0.25, -0.2) is 0 Å². The summed E-state index contributed by atoms with van der Waals surface area (Å²) < 4.78 is 0. The predicted octanol–water partition coefficient (Wildman–Crippen LogP) is 4.47. The minimum absolute atomic E-state index is 0.0985. The van der Waals surface area contributed by atoms with Crippen molar-refractivity contribution < 1.29 is 9.59 Å². The zero-order valence-corrected chi connectivity index (χ0v) is 22.8. The van der Waals surface area contributed by atoms with Gasteiger partial charge in [-0.2, -0.15) is 0 Å². The van der Waals surface area contributed by atoms with E-state index in [1.165, 1.54) is 0 Å². The number of carbonyl (C=O) groups excluding carboxylic acids is 2. The number of benzene rings is 3. The molecule has 2 atom stereocenters. The molecule has 3 saturated heterocycles. The van der Waals surface area contributed by atoms with Crippen LogP contribution in [0.1, 0.15) is 42.5 Å². The Hall–Kier alpha value is -2.96. The maximum absolute atomic E-state index is 13.9. The molecular formula is C32H40N4O2. The van der Waals surface area contributed by atoms with Crippen LogP contribution in [-0.2, 0) is 4.79 Å². The van der Waals surface area contributed by atoms with Gasteiger partial charge in [0.15, 0.2) is 0 Å². The highest BCUT2D eigenvalue weighted by molar-refractivity contribution is 6.18. The van der Waals surface area contributed by atoms with Crippen LogP contribution in [0, 0.1) is 5.92 Å². The monoisotopic (exact) mass is 512 g/mol. The van der Waals surface area contributed by atoms with Crippen molar-refractivity contribution >= 4 is 33.4 Å². The van der Waals surface area contributed by atoms with Crippen molar-refractivity contribution in [2.75, 3.05) is 53.4 Å². The molecule has 3 heterocycles. The number of nitrogens with zero attached hydrogens (tertiary/aromatic N) is 4. The predicted molar refractivity (Wildman–Crippen MR) is 153 cm³/mol. The minimum Gasteiger partial charge on any atom is -0.341 e. The molecule has 3 aromatic rings. The zero-order valence-electron chi connectivity index (χ0n) is 22.8. The van der Waals surface area contributed by atoms with E-state index in [0.29, 0.717) is 18.0 Å². The Morgan fingerprint density at radius 3 is 2.11 bits per heavy atom. The molecule has 2 unspecified atom stereocenters. The number of hydrogen-bond donors (Lipinski definition) is 0. The molecule has 3 aliphatic rings. The first-order chi connectivity index (χ1) is 18.5. The Morgan fingerprint density at radius 1 is 0.816 bits per heavy atom. The normalized spacial score (nSPS) is 23.8. The second kappa shape index (κ2) is 10.7. The van der Waals surface area contributed by atoms with Gasteiger partial charge in [-0.15, -0.1) is 0 Å². The molecule has 3 aromatic carbocycles. The van der Waals surface area contributed by atoms with Crippen molar-refractivity contribution in [3.05, 3.63) is 60.2 Å². The van der Waals surface area contributed by atoms with E-state index in [-0.39, 0.29) is 11.8 Å². The molecule has 200 valence electrons. The van der Waals surface area contributed by atoms with E-state index in [2.05, 4.69) is 52.1 Å². The molecule has 0 bridgehead atoms. The number of hydrogen-bond acceptors (Lipinski definition) is 4. The Bertz CT molecular complexity index is 1280. The van der Waals surface area contributed by atoms with Gasteiger partial charge in [-0.3, -0.25) is 14.5 Å². The van der Waals surface area contributed by atoms with Crippen LogP contribution in [0.4, 0.5) is 0 Å². The SMILES string of the molecule is CN1CCC(N(C)C(=O)C2CCCN(C3CCN(C(=O)c4c5ccccc5cc5ccccc45)CC3)C2)C1. The van der Waals surface area contributed by atoms with Crippen LogP contribution in [0.15, 0.2) is 54.6 Å². The summed E-state index contributed by atoms with van der Waals surface area (Å²) in [5.41, 5.74) is 0.835. The number of piperidine rings is 2. The third-order valence-electron chi connectivity index (χ3n) is 9.32. The van der Waals surface area contributed by atoms with Crippen LogP contribution in [0.3, 0.4) is 0 Å². The largest absolute Gasteiger partial charge is 0.341 e. The van der Waals surface area contributed by atoms with Crippen molar-refractivity contribution in [1.29, 1.82) is 0 Å². The smallest absolute Gasteiger partial charge is 0.255 e. The van der Waals surface area contributed by atoms with E-state index in [4.69, 9.17) is 0 Å². The van der Waals surface area contributed by atoms with Gasteiger partial charge in [0.2, 0.25) is 5.91 Å². The topological polar surface area (TPSA) is 47.1 Å². The van der Waals surface area contributed by atoms with E-state index in [0.717, 1.165) is 98.5 Å². The quantitative estimate of drug-likeness (QED) is 0.484. The first-order valence-corrected chi connectivity index (χ1v) is 14.4. The first-order valence-electron chi connectivity index (χ1n) is 14.4. The van der Waals surface area contributed by atoms with Crippen LogP contribution >= 0.6 is 0 Å². The third-order valence-corrected chi connectivity index (χ3v) is 9.32. The van der Waals surface area contributed by atoms with Gasteiger partial charge in [0.1, 0.15) is 0 Å². The molecule has 0 radical (unpaired) electrons. The summed E-state index contributed by atoms with van der Waals surface area (Å²) in [6, 6.07) is 19.5. The summed E-state index contributed by atoms with van der Waals surface area (Å²) >= 11 is 0. The molecule has 6 rings (SSSR count). The van der Waals surface area contributed by atoms with E-state index in [1.54, 1.807) is 0 Å². The van der Waals surface area contributed by atoms with E-state index < -0.39 is 0 Å². The highest BCUT2D eigenvalue weighted by Gasteiger charge is 2.36. The molecule has 0 aromatic heterocycles. The van der Waals surface area contributed by atoms with E-state index in [1.807, 2.05) is 36.2 Å². The molecule has 0 spiro atoms. The van der Waals surface area contributed by atoms with E-state index >= 15 is 0 Å². The molecule has 0 saturated carbocycles. The fourth-order valence-corrected chi connectivity index (χ4v) is 7.07. The summed E-state index contributed by atoms with van der Waals surface area (Å²) in [5, 5.41) is 4.30. The Morgan fingerprint density at radius 2 is 1.47 bits per heavy atom. The molecule has 2 amide bonds. The number of likely N-dealkylation sites (N-methyl/N-ethyl adjacent to an activating group) is 2. The van der Waals surface area contributed by atoms with Crippen molar-refractivity contribution in [2.45, 2.75) is 44.2 Å². The Kier molecular flexibility index (Phi) is 7.10. The lowest BCUT2D eigenvalue weighted by molar-refractivity contribution is -0.138. The Balaban J connectivity index is 1.12. The van der Waals surface area contributed by atoms with Gasteiger partial charge in [-0.1, -0.05) is 48.5 Å². The molecular weight excluding hydrogens is 472 g/mol. The fourth-order valence-electron chi connectivity index (χ4n) is 7.07. The van der Waals surface area contributed by atoms with Gasteiger partial charge >= 0.3 is 0 Å². The summed E-state index contributed by atoms with van der Waals surface area (Å²) in [6.07, 6.45) is 5.09. The lowest BCUT2D eigenvalue weighted by Crippen LogP contribution is -2.52. The zero-order chi connectivity index (χ0) is 26.2. The van der Waals surface area contributed by atoms with Crippen molar-refractivity contribution in [1.82, 2.24) is 19.6 Å². The summed E-state index contributed by atoms with van der Waals surface area (Å²) in [4.78, 5) is 36.3. The lowest BCUT2D eigenvalue weighted by Gasteiger charge is -2.43. The van der Waals surface area contributed by atoms with Gasteiger partial charge in [0, 0.05) is 45.3 Å². The van der Waals surface area contributed by atoms with Crippen LogP contribution in [-0.4, -0.2) is 96.9 Å². The molecule has 6 heteroatoms. The average Bonchev–Trinajstić information content (AvgIpc) is 3.41. The average molecular weight is 513 g/mol. The van der Waals surface area contributed by atoms with Gasteiger partial charge in [0.25, 0.3) is 5.91 Å². The number of fused-ring (bicyclic) bond motifs is 2. The molecule has 3 aliphatic heterocycles. The molecule has 0 aliphatic carbocycles. The number of rotatable bonds is 4. The van der Waals surface area contributed by atoms with Gasteiger partial charge in [-0.05, 0) is 79.9 Å². The van der Waals surface area contributed by atoms with Crippen molar-refractivity contribution in [3.63, 3.8) is 0 Å². The third kappa shape index (κ3) is 4.80. The maximum Gasteiger partial charge on any atom is 0.255 e.